The Labute approximate surface area is 178 Å². The summed E-state index contributed by atoms with van der Waals surface area (Å²) in [5.41, 5.74) is 0. The summed E-state index contributed by atoms with van der Waals surface area (Å²) in [4.78, 5) is 0. The van der Waals surface area contributed by atoms with E-state index >= 15 is 0 Å². The van der Waals surface area contributed by atoms with Gasteiger partial charge in [-0.3, -0.25) is 0 Å². The lowest BCUT2D eigenvalue weighted by Gasteiger charge is -2.04. The minimum absolute atomic E-state index is 0.728. The summed E-state index contributed by atoms with van der Waals surface area (Å²) in [6.07, 6.45) is 26.1. The summed E-state index contributed by atoms with van der Waals surface area (Å²) in [6.45, 7) is 15.1. The van der Waals surface area contributed by atoms with Gasteiger partial charge in [0.2, 0.25) is 0 Å². The van der Waals surface area contributed by atoms with E-state index < -0.39 is 0 Å². The number of allylic oxidation sites excluding steroid dienone is 1. The van der Waals surface area contributed by atoms with Crippen LogP contribution in [0.3, 0.4) is 0 Å². The van der Waals surface area contributed by atoms with Gasteiger partial charge in [0.05, 0.1) is 0 Å². The molecule has 0 heterocycles. The normalized spacial score (nSPS) is 11.1. The Hall–Kier alpha value is -0.0431. The van der Waals surface area contributed by atoms with E-state index in [0.29, 0.717) is 0 Å². The van der Waals surface area contributed by atoms with Gasteiger partial charge < -0.3 is 0 Å². The van der Waals surface area contributed by atoms with Crippen LogP contribution >= 0.6 is 0 Å². The maximum Gasteiger partial charge on any atom is 0.00279 e. The van der Waals surface area contributed by atoms with Crippen LogP contribution in [0.4, 0.5) is 0 Å². The first kappa shape index (κ1) is 31.6. The van der Waals surface area contributed by atoms with Gasteiger partial charge in [0.15, 0.2) is 0 Å². The van der Waals surface area contributed by atoms with Crippen molar-refractivity contribution >= 4 is 10.2 Å². The fraction of sp³-hybridized carbons (Fsp3) is 0.923. The molecule has 0 aliphatic carbocycles. The highest BCUT2D eigenvalue weighted by Crippen LogP contribution is 2.11. The van der Waals surface area contributed by atoms with Crippen molar-refractivity contribution in [3.05, 3.63) is 12.7 Å². The van der Waals surface area contributed by atoms with Crippen LogP contribution in [-0.2, 0) is 0 Å². The molecule has 0 saturated carbocycles. The highest BCUT2D eigenvalue weighted by Gasteiger charge is 1.94. The highest BCUT2D eigenvalue weighted by molar-refractivity contribution is 6.08. The van der Waals surface area contributed by atoms with Gasteiger partial charge in [-0.2, -0.15) is 0 Å². The summed E-state index contributed by atoms with van der Waals surface area (Å²) in [7, 11) is 1.39. The predicted octanol–water partition coefficient (Wildman–Crippen LogP) is 9.28. The van der Waals surface area contributed by atoms with E-state index in [4.69, 9.17) is 0 Å². The van der Waals surface area contributed by atoms with Gasteiger partial charge in [-0.25, -0.2) is 0 Å². The molecular formula is C26H58Si. The maximum absolute atomic E-state index is 3.78. The monoisotopic (exact) mass is 398 g/mol. The fourth-order valence-electron chi connectivity index (χ4n) is 2.89. The van der Waals surface area contributed by atoms with Gasteiger partial charge in [-0.1, -0.05) is 149 Å². The average Bonchev–Trinajstić information content (AvgIpc) is 2.69. The summed E-state index contributed by atoms with van der Waals surface area (Å²) >= 11 is 0. The quantitative estimate of drug-likeness (QED) is 0.130. The molecular weight excluding hydrogens is 340 g/mol. The van der Waals surface area contributed by atoms with E-state index in [2.05, 4.69) is 47.3 Å². The molecule has 0 aliphatic rings. The first-order chi connectivity index (χ1) is 13.1. The van der Waals surface area contributed by atoms with Crippen LogP contribution in [0.25, 0.3) is 0 Å². The second-order valence-corrected chi connectivity index (χ2v) is 9.24. The van der Waals surface area contributed by atoms with E-state index in [9.17, 15) is 0 Å². The zero-order valence-electron chi connectivity index (χ0n) is 20.6. The molecule has 166 valence electrons. The van der Waals surface area contributed by atoms with E-state index in [1.165, 1.54) is 125 Å². The third kappa shape index (κ3) is 41.5. The van der Waals surface area contributed by atoms with E-state index in [1.807, 2.05) is 0 Å². The Morgan fingerprint density at radius 3 is 1.22 bits per heavy atom. The van der Waals surface area contributed by atoms with E-state index in [1.54, 1.807) is 0 Å². The first-order valence-corrected chi connectivity index (χ1v) is 14.2. The zero-order valence-corrected chi connectivity index (χ0v) is 22.6. The van der Waals surface area contributed by atoms with Crippen LogP contribution in [0.15, 0.2) is 12.7 Å². The van der Waals surface area contributed by atoms with Gasteiger partial charge in [-0.05, 0) is 12.3 Å². The Morgan fingerprint density at radius 2 is 0.926 bits per heavy atom. The highest BCUT2D eigenvalue weighted by atomic mass is 28.1. The first-order valence-electron chi connectivity index (χ1n) is 12.8. The smallest absolute Gasteiger partial charge is 0.00279 e. The molecule has 0 rings (SSSR count). The molecule has 0 aromatic heterocycles. The molecule has 0 aliphatic heterocycles. The van der Waals surface area contributed by atoms with Crippen LogP contribution in [0.1, 0.15) is 144 Å². The maximum atomic E-state index is 3.78. The van der Waals surface area contributed by atoms with Crippen molar-refractivity contribution in [3.63, 3.8) is 0 Å². The summed E-state index contributed by atoms with van der Waals surface area (Å²) in [5.74, 6) is 0.728. The molecule has 0 nitrogen and oxygen atoms in total. The third-order valence-electron chi connectivity index (χ3n) is 5.08. The van der Waals surface area contributed by atoms with Gasteiger partial charge in [0.1, 0.15) is 0 Å². The standard InChI is InChI=1S/C10H22Si.2C8H18/c1-3-10(2)8-6-4-5-7-9-11;2*1-3-5-7-8-6-4-2/h3,10H,1,4-9H2,2,11H3;2*3-8H2,1-2H3. The van der Waals surface area contributed by atoms with Crippen molar-refractivity contribution < 1.29 is 0 Å². The SMILES string of the molecule is C=CC(C)CCCCCC[SiH3].CCCCCCCC.CCCCCCCC. The Kier molecular flexibility index (Phi) is 39.3. The van der Waals surface area contributed by atoms with Crippen molar-refractivity contribution in [2.75, 3.05) is 0 Å². The second kappa shape index (κ2) is 33.5. The fourth-order valence-corrected chi connectivity index (χ4v) is 3.39. The number of rotatable bonds is 17. The van der Waals surface area contributed by atoms with Crippen LogP contribution in [-0.4, -0.2) is 10.2 Å². The molecule has 0 saturated heterocycles. The van der Waals surface area contributed by atoms with Crippen molar-refractivity contribution in [1.82, 2.24) is 0 Å². The van der Waals surface area contributed by atoms with Crippen LogP contribution in [0, 0.1) is 5.92 Å². The average molecular weight is 399 g/mol. The molecule has 0 spiro atoms. The largest absolute Gasteiger partial charge is 0.103 e. The van der Waals surface area contributed by atoms with Crippen molar-refractivity contribution in [2.24, 2.45) is 5.92 Å². The van der Waals surface area contributed by atoms with Crippen LogP contribution in [0.2, 0.25) is 6.04 Å². The topological polar surface area (TPSA) is 0 Å². The lowest BCUT2D eigenvalue weighted by atomic mass is 10.0. The van der Waals surface area contributed by atoms with Gasteiger partial charge in [0.25, 0.3) is 0 Å². The van der Waals surface area contributed by atoms with E-state index in [0.717, 1.165) is 5.92 Å². The molecule has 0 radical (unpaired) electrons. The molecule has 0 aromatic rings. The van der Waals surface area contributed by atoms with E-state index in [-0.39, 0.29) is 0 Å². The summed E-state index contributed by atoms with van der Waals surface area (Å²) < 4.78 is 0. The zero-order chi connectivity index (χ0) is 21.0. The van der Waals surface area contributed by atoms with Gasteiger partial charge >= 0.3 is 0 Å². The number of unbranched alkanes of at least 4 members (excludes halogenated alkanes) is 13. The third-order valence-corrected chi connectivity index (χ3v) is 5.79. The molecule has 1 unspecified atom stereocenters. The van der Waals surface area contributed by atoms with Crippen molar-refractivity contribution in [3.8, 4) is 0 Å². The summed E-state index contributed by atoms with van der Waals surface area (Å²) in [5, 5.41) is 0. The lowest BCUT2D eigenvalue weighted by Crippen LogP contribution is -1.88. The van der Waals surface area contributed by atoms with Gasteiger partial charge in [0, 0.05) is 10.2 Å². The Morgan fingerprint density at radius 1 is 0.593 bits per heavy atom. The van der Waals surface area contributed by atoms with Crippen molar-refractivity contribution in [2.45, 2.75) is 150 Å². The number of hydrogen-bond acceptors (Lipinski definition) is 0. The second-order valence-electron chi connectivity index (χ2n) is 8.24. The molecule has 0 aromatic carbocycles. The number of hydrogen-bond donors (Lipinski definition) is 0. The Balaban J connectivity index is -0.000000327. The van der Waals surface area contributed by atoms with Crippen LogP contribution in [0.5, 0.6) is 0 Å². The minimum atomic E-state index is 0.728. The van der Waals surface area contributed by atoms with Crippen LogP contribution < -0.4 is 0 Å². The minimum Gasteiger partial charge on any atom is -0.103 e. The molecule has 0 fully saturated rings. The molecule has 0 amide bonds. The molecule has 1 heteroatoms. The molecule has 27 heavy (non-hydrogen) atoms. The molecule has 1 atom stereocenters. The summed E-state index contributed by atoms with van der Waals surface area (Å²) in [6, 6.07) is 1.48. The Bertz CT molecular complexity index is 200. The predicted molar refractivity (Wildman–Crippen MR) is 135 cm³/mol. The lowest BCUT2D eigenvalue weighted by molar-refractivity contribution is 0.562. The van der Waals surface area contributed by atoms with Crippen molar-refractivity contribution in [1.29, 1.82) is 0 Å². The molecule has 0 N–H and O–H groups in total. The van der Waals surface area contributed by atoms with Gasteiger partial charge in [-0.15, -0.1) is 6.58 Å². The molecule has 0 bridgehead atoms.